The van der Waals surface area contributed by atoms with Gasteiger partial charge in [-0.15, -0.1) is 0 Å². The fourth-order valence-electron chi connectivity index (χ4n) is 1.88. The van der Waals surface area contributed by atoms with Gasteiger partial charge in [-0.3, -0.25) is 10.0 Å². The van der Waals surface area contributed by atoms with E-state index in [4.69, 9.17) is 21.2 Å². The van der Waals surface area contributed by atoms with E-state index in [9.17, 15) is 4.79 Å². The van der Waals surface area contributed by atoms with Gasteiger partial charge in [0.05, 0.1) is 10.6 Å². The number of oxazole rings is 1. The van der Waals surface area contributed by atoms with E-state index in [1.165, 1.54) is 12.1 Å². The predicted molar refractivity (Wildman–Crippen MR) is 73.7 cm³/mol. The summed E-state index contributed by atoms with van der Waals surface area (Å²) in [7, 11) is 0. The van der Waals surface area contributed by atoms with Crippen molar-refractivity contribution in [3.05, 3.63) is 53.1 Å². The first kappa shape index (κ1) is 12.7. The minimum Gasteiger partial charge on any atom is -0.436 e. The maximum Gasteiger partial charge on any atom is 0.274 e. The normalized spacial score (nSPS) is 10.7. The highest BCUT2D eigenvalue weighted by Gasteiger charge is 2.13. The number of aromatic nitrogens is 1. The van der Waals surface area contributed by atoms with Crippen LogP contribution in [0.2, 0.25) is 5.02 Å². The number of fused-ring (bicyclic) bond motifs is 1. The van der Waals surface area contributed by atoms with Crippen LogP contribution >= 0.6 is 11.6 Å². The molecule has 0 aliphatic heterocycles. The summed E-state index contributed by atoms with van der Waals surface area (Å²) in [6, 6.07) is 11.9. The van der Waals surface area contributed by atoms with E-state index >= 15 is 0 Å². The van der Waals surface area contributed by atoms with Crippen LogP contribution in [-0.4, -0.2) is 16.1 Å². The third-order valence-electron chi connectivity index (χ3n) is 2.86. The van der Waals surface area contributed by atoms with Gasteiger partial charge in [0.2, 0.25) is 5.89 Å². The molecule has 0 radical (unpaired) electrons. The smallest absolute Gasteiger partial charge is 0.274 e. The Bertz CT molecular complexity index is 798. The molecular weight excluding hydrogens is 280 g/mol. The highest BCUT2D eigenvalue weighted by molar-refractivity contribution is 6.33. The van der Waals surface area contributed by atoms with Gasteiger partial charge in [-0.25, -0.2) is 10.5 Å². The largest absolute Gasteiger partial charge is 0.436 e. The van der Waals surface area contributed by atoms with Crippen LogP contribution < -0.4 is 5.48 Å². The number of amides is 1. The minimum atomic E-state index is -0.603. The minimum absolute atomic E-state index is 0.291. The van der Waals surface area contributed by atoms with Crippen molar-refractivity contribution in [3.63, 3.8) is 0 Å². The Morgan fingerprint density at radius 2 is 2.05 bits per heavy atom. The average molecular weight is 289 g/mol. The maximum absolute atomic E-state index is 11.3. The van der Waals surface area contributed by atoms with Crippen LogP contribution in [0.1, 0.15) is 10.4 Å². The Labute approximate surface area is 118 Å². The van der Waals surface area contributed by atoms with Crippen molar-refractivity contribution in [2.24, 2.45) is 0 Å². The molecule has 0 bridgehead atoms. The van der Waals surface area contributed by atoms with Crippen molar-refractivity contribution in [1.82, 2.24) is 10.5 Å². The molecule has 1 heterocycles. The van der Waals surface area contributed by atoms with E-state index in [0.29, 0.717) is 33.1 Å². The molecule has 3 rings (SSSR count). The molecule has 0 saturated heterocycles. The topological polar surface area (TPSA) is 75.4 Å². The molecule has 2 aromatic carbocycles. The third kappa shape index (κ3) is 2.13. The Balaban J connectivity index is 2.12. The number of halogens is 1. The van der Waals surface area contributed by atoms with E-state index in [-0.39, 0.29) is 0 Å². The molecule has 2 N–H and O–H groups in total. The SMILES string of the molecule is O=C(NO)c1ccc2oc(-c3ccccc3Cl)nc2c1. The summed E-state index contributed by atoms with van der Waals surface area (Å²) < 4.78 is 5.61. The van der Waals surface area contributed by atoms with Crippen molar-refractivity contribution in [3.8, 4) is 11.5 Å². The van der Waals surface area contributed by atoms with Crippen LogP contribution in [0.3, 0.4) is 0 Å². The molecule has 5 nitrogen and oxygen atoms in total. The molecule has 0 fully saturated rings. The number of hydroxylamine groups is 1. The van der Waals surface area contributed by atoms with Crippen molar-refractivity contribution < 1.29 is 14.4 Å². The Kier molecular flexibility index (Phi) is 3.14. The van der Waals surface area contributed by atoms with E-state index in [1.807, 2.05) is 12.1 Å². The van der Waals surface area contributed by atoms with E-state index in [0.717, 1.165) is 0 Å². The van der Waals surface area contributed by atoms with Crippen LogP contribution in [0.4, 0.5) is 0 Å². The molecule has 6 heteroatoms. The van der Waals surface area contributed by atoms with Gasteiger partial charge in [0.25, 0.3) is 5.91 Å². The Morgan fingerprint density at radius 3 is 2.80 bits per heavy atom. The molecule has 3 aromatic rings. The molecule has 0 atom stereocenters. The lowest BCUT2D eigenvalue weighted by atomic mass is 10.2. The van der Waals surface area contributed by atoms with Crippen molar-refractivity contribution in [1.29, 1.82) is 0 Å². The van der Waals surface area contributed by atoms with Gasteiger partial charge in [0.15, 0.2) is 5.58 Å². The number of carbonyl (C=O) groups is 1. The van der Waals surface area contributed by atoms with Crippen LogP contribution in [0.5, 0.6) is 0 Å². The predicted octanol–water partition coefficient (Wildman–Crippen LogP) is 3.27. The second-order valence-electron chi connectivity index (χ2n) is 4.12. The lowest BCUT2D eigenvalue weighted by Gasteiger charge is -1.96. The molecule has 0 aliphatic carbocycles. The lowest BCUT2D eigenvalue weighted by Crippen LogP contribution is -2.18. The first-order chi connectivity index (χ1) is 9.69. The van der Waals surface area contributed by atoms with Gasteiger partial charge in [-0.2, -0.15) is 0 Å². The number of rotatable bonds is 2. The number of nitrogens with one attached hydrogen (secondary N) is 1. The Hall–Kier alpha value is -2.37. The molecule has 0 unspecified atom stereocenters. The second-order valence-corrected chi connectivity index (χ2v) is 4.53. The van der Waals surface area contributed by atoms with Gasteiger partial charge >= 0.3 is 0 Å². The summed E-state index contributed by atoms with van der Waals surface area (Å²) in [5.41, 5.74) is 3.60. The fraction of sp³-hybridized carbons (Fsp3) is 0. The third-order valence-corrected chi connectivity index (χ3v) is 3.19. The van der Waals surface area contributed by atoms with Crippen LogP contribution in [0.25, 0.3) is 22.6 Å². The van der Waals surface area contributed by atoms with Crippen molar-refractivity contribution >= 4 is 28.6 Å². The van der Waals surface area contributed by atoms with E-state index < -0.39 is 5.91 Å². The van der Waals surface area contributed by atoms with Crippen molar-refractivity contribution in [2.45, 2.75) is 0 Å². The molecule has 100 valence electrons. The van der Waals surface area contributed by atoms with Gasteiger partial charge in [0.1, 0.15) is 5.52 Å². The van der Waals surface area contributed by atoms with Crippen molar-refractivity contribution in [2.75, 3.05) is 0 Å². The fourth-order valence-corrected chi connectivity index (χ4v) is 2.10. The van der Waals surface area contributed by atoms with E-state index in [1.54, 1.807) is 23.7 Å². The second kappa shape index (κ2) is 4.96. The molecular formula is C14H9ClN2O3. The number of hydrogen-bond donors (Lipinski definition) is 2. The van der Waals surface area contributed by atoms with Gasteiger partial charge in [0, 0.05) is 5.56 Å². The van der Waals surface area contributed by atoms with Gasteiger partial charge in [-0.05, 0) is 30.3 Å². The molecule has 20 heavy (non-hydrogen) atoms. The number of nitrogens with zero attached hydrogens (tertiary/aromatic N) is 1. The highest BCUT2D eigenvalue weighted by atomic mass is 35.5. The molecule has 0 aliphatic rings. The summed E-state index contributed by atoms with van der Waals surface area (Å²) in [6.07, 6.45) is 0. The lowest BCUT2D eigenvalue weighted by molar-refractivity contribution is 0.0706. The van der Waals surface area contributed by atoms with E-state index in [2.05, 4.69) is 4.98 Å². The molecule has 0 saturated carbocycles. The van der Waals surface area contributed by atoms with Crippen LogP contribution in [-0.2, 0) is 0 Å². The van der Waals surface area contributed by atoms with Gasteiger partial charge < -0.3 is 4.42 Å². The summed E-state index contributed by atoms with van der Waals surface area (Å²) in [5.74, 6) is -0.221. The first-order valence-electron chi connectivity index (χ1n) is 5.79. The standard InChI is InChI=1S/C14H9ClN2O3/c15-10-4-2-1-3-9(10)14-16-11-7-8(13(18)17-19)5-6-12(11)20-14/h1-7,19H,(H,17,18). The zero-order chi connectivity index (χ0) is 14.1. The number of carbonyl (C=O) groups excluding carboxylic acids is 1. The number of hydrogen-bond acceptors (Lipinski definition) is 4. The zero-order valence-corrected chi connectivity index (χ0v) is 10.9. The average Bonchev–Trinajstić information content (AvgIpc) is 2.89. The molecule has 0 spiro atoms. The summed E-state index contributed by atoms with van der Waals surface area (Å²) >= 11 is 6.09. The first-order valence-corrected chi connectivity index (χ1v) is 6.17. The number of benzene rings is 2. The van der Waals surface area contributed by atoms with Crippen LogP contribution in [0, 0.1) is 0 Å². The maximum atomic E-state index is 11.3. The monoisotopic (exact) mass is 288 g/mol. The zero-order valence-electron chi connectivity index (χ0n) is 10.1. The summed E-state index contributed by atoms with van der Waals surface area (Å²) in [5, 5.41) is 9.15. The van der Waals surface area contributed by atoms with Gasteiger partial charge in [-0.1, -0.05) is 23.7 Å². The molecule has 1 amide bonds. The van der Waals surface area contributed by atoms with Crippen LogP contribution in [0.15, 0.2) is 46.9 Å². The Morgan fingerprint density at radius 1 is 1.25 bits per heavy atom. The molecule has 1 aromatic heterocycles. The summed E-state index contributed by atoms with van der Waals surface area (Å²) in [6.45, 7) is 0. The highest BCUT2D eigenvalue weighted by Crippen LogP contribution is 2.29. The summed E-state index contributed by atoms with van der Waals surface area (Å²) in [4.78, 5) is 15.7. The quantitative estimate of drug-likeness (QED) is 0.560.